The van der Waals surface area contributed by atoms with Gasteiger partial charge >= 0.3 is 46.9 Å². The van der Waals surface area contributed by atoms with Gasteiger partial charge in [0.15, 0.2) is 0 Å². The van der Waals surface area contributed by atoms with Gasteiger partial charge < -0.3 is 0 Å². The number of aliphatic hydroxyl groups is 3. The van der Waals surface area contributed by atoms with Gasteiger partial charge in [0.05, 0.1) is 0 Å². The van der Waals surface area contributed by atoms with E-state index in [-0.39, 0.29) is 25.5 Å². The molecule has 0 aromatic heterocycles. The van der Waals surface area contributed by atoms with Crippen molar-refractivity contribution < 1.29 is 31.3 Å². The van der Waals surface area contributed by atoms with Crippen molar-refractivity contribution in [3.63, 3.8) is 0 Å². The van der Waals surface area contributed by atoms with Crippen LogP contribution in [0.15, 0.2) is 0 Å². The van der Waals surface area contributed by atoms with Crippen molar-refractivity contribution >= 4 is 9.90 Å². The molecule has 8 heavy (non-hydrogen) atoms. The molecule has 0 aliphatic carbocycles. The Hall–Kier alpha value is 0.933. The van der Waals surface area contributed by atoms with Crippen LogP contribution in [-0.4, -0.2) is 30.9 Å². The van der Waals surface area contributed by atoms with Crippen molar-refractivity contribution in [1.29, 1.82) is 0 Å². The van der Waals surface area contributed by atoms with Gasteiger partial charge in [0.2, 0.25) is 0 Å². The first-order chi connectivity index (χ1) is 3.35. The van der Waals surface area contributed by atoms with Crippen LogP contribution < -0.4 is 0 Å². The van der Waals surface area contributed by atoms with Crippen molar-refractivity contribution in [3.05, 3.63) is 0 Å². The molecule has 0 bridgehead atoms. The molecule has 3 N–H and O–H groups in total. The quantitative estimate of drug-likeness (QED) is 0.407. The van der Waals surface area contributed by atoms with Gasteiger partial charge in [0.25, 0.3) is 0 Å². The maximum atomic E-state index is 8.27. The molecule has 5 heteroatoms. The van der Waals surface area contributed by atoms with Crippen molar-refractivity contribution in [2.75, 3.05) is 15.6 Å². The first kappa shape index (κ1) is 11.7. The standard InChI is InChI=1S/3CH3O.H3P.Ru/c3*1-2;;/h3*2H,1H2;1H3;. The van der Waals surface area contributed by atoms with Gasteiger partial charge in [-0.15, -0.1) is 0 Å². The summed E-state index contributed by atoms with van der Waals surface area (Å²) in [5.74, 6) is 0. The monoisotopic (exact) mass is 229 g/mol. The van der Waals surface area contributed by atoms with E-state index in [4.69, 9.17) is 15.3 Å². The predicted molar refractivity (Wildman–Crippen MR) is 32.4 cm³/mol. The third-order valence-electron chi connectivity index (χ3n) is 0.474. The molecule has 0 rings (SSSR count). The van der Waals surface area contributed by atoms with E-state index >= 15 is 0 Å². The molecule has 0 fully saturated rings. The fourth-order valence-electron chi connectivity index (χ4n) is 0.106. The minimum absolute atomic E-state index is 0. The summed E-state index contributed by atoms with van der Waals surface area (Å²) in [5, 5.41) is 24.8. The van der Waals surface area contributed by atoms with E-state index in [1.165, 1.54) is 0 Å². The van der Waals surface area contributed by atoms with E-state index < -0.39 is 16.0 Å². The second kappa shape index (κ2) is 7.93. The zero-order valence-electron chi connectivity index (χ0n) is 4.52. The normalized spacial score (nSPS) is 10.1. The second-order valence-corrected chi connectivity index (χ2v) is 5.12. The molecule has 3 nitrogen and oxygen atoms in total. The fraction of sp³-hybridized carbons (Fsp3) is 1.00. The maximum Gasteiger partial charge on any atom is -0.153 e. The van der Waals surface area contributed by atoms with Crippen molar-refractivity contribution in [1.82, 2.24) is 0 Å². The van der Waals surface area contributed by atoms with Crippen LogP contribution in [0.5, 0.6) is 0 Å². The smallest absolute Gasteiger partial charge is 0.153 e. The van der Waals surface area contributed by atoms with Crippen molar-refractivity contribution in [2.45, 2.75) is 0 Å². The second-order valence-electron chi connectivity index (χ2n) is 0.866. The number of hydrogen-bond donors (Lipinski definition) is 3. The molecule has 0 radical (unpaired) electrons. The van der Waals surface area contributed by atoms with E-state index in [9.17, 15) is 0 Å². The average molecular weight is 228 g/mol. The average Bonchev–Trinajstić information content (AvgIpc) is 1.72. The van der Waals surface area contributed by atoms with Crippen molar-refractivity contribution in [3.8, 4) is 0 Å². The Balaban J connectivity index is 0. The van der Waals surface area contributed by atoms with E-state index in [2.05, 4.69) is 0 Å². The van der Waals surface area contributed by atoms with Gasteiger partial charge in [-0.25, -0.2) is 0 Å². The summed E-state index contributed by atoms with van der Waals surface area (Å²) in [6, 6.07) is 0. The van der Waals surface area contributed by atoms with Gasteiger partial charge in [-0.05, 0) is 0 Å². The molecule has 1 atom stereocenters. The Bertz CT molecular complexity index is 36.0. The van der Waals surface area contributed by atoms with Crippen LogP contribution in [0.3, 0.4) is 0 Å². The minimum atomic E-state index is -1.54. The van der Waals surface area contributed by atoms with Crippen LogP contribution >= 0.6 is 9.90 Å². The summed E-state index contributed by atoms with van der Waals surface area (Å²) >= 11 is -1.54. The number of aliphatic hydroxyl groups excluding tert-OH is 3. The largest absolute Gasteiger partial charge is 0.153 e. The van der Waals surface area contributed by atoms with E-state index in [1.807, 2.05) is 0 Å². The molecule has 55 valence electrons. The zero-order chi connectivity index (χ0) is 5.70. The third kappa shape index (κ3) is 5.08. The molecule has 0 aliphatic heterocycles. The van der Waals surface area contributed by atoms with Crippen LogP contribution in [0.25, 0.3) is 0 Å². The Kier molecular flexibility index (Phi) is 11.6. The van der Waals surface area contributed by atoms with Crippen LogP contribution in [0.4, 0.5) is 0 Å². The predicted octanol–water partition coefficient (Wildman–Crippen LogP) is -1.49. The molecule has 0 aliphatic rings. The molecule has 0 aromatic rings. The molecular weight excluding hydrogens is 216 g/mol. The van der Waals surface area contributed by atoms with Crippen LogP contribution in [0.1, 0.15) is 0 Å². The molecule has 0 amide bonds. The summed E-state index contributed by atoms with van der Waals surface area (Å²) in [6.45, 7) is 0. The SMILES string of the molecule is O[CH2][Ru]([CH2]O)[CH2]O.P. The minimum Gasteiger partial charge on any atom is -0.153 e. The van der Waals surface area contributed by atoms with Crippen LogP contribution in [0.2, 0.25) is 0 Å². The van der Waals surface area contributed by atoms with Gasteiger partial charge in [-0.3, -0.25) is 0 Å². The van der Waals surface area contributed by atoms with E-state index in [1.54, 1.807) is 0 Å². The summed E-state index contributed by atoms with van der Waals surface area (Å²) in [6.07, 6.45) is 0. The summed E-state index contributed by atoms with van der Waals surface area (Å²) in [5.41, 5.74) is 0. The van der Waals surface area contributed by atoms with Crippen molar-refractivity contribution in [2.24, 2.45) is 0 Å². The van der Waals surface area contributed by atoms with E-state index in [0.717, 1.165) is 0 Å². The third-order valence-corrected chi connectivity index (χ3v) is 2.81. The summed E-state index contributed by atoms with van der Waals surface area (Å²) < 4.78 is 0. The summed E-state index contributed by atoms with van der Waals surface area (Å²) in [4.78, 5) is 0. The van der Waals surface area contributed by atoms with Crippen LogP contribution in [-0.2, 0) is 16.0 Å². The van der Waals surface area contributed by atoms with Gasteiger partial charge in [0.1, 0.15) is 0 Å². The molecule has 1 unspecified atom stereocenters. The first-order valence-corrected chi connectivity index (χ1v) is 5.39. The number of hydrogen-bond acceptors (Lipinski definition) is 3. The maximum absolute atomic E-state index is 8.27. The topological polar surface area (TPSA) is 60.7 Å². The Morgan fingerprint density at radius 3 is 1.12 bits per heavy atom. The number of rotatable bonds is 3. The zero-order valence-corrected chi connectivity index (χ0v) is 7.68. The van der Waals surface area contributed by atoms with Gasteiger partial charge in [-0.1, -0.05) is 0 Å². The summed E-state index contributed by atoms with van der Waals surface area (Å²) in [7, 11) is 0. The molecular formula is C3H12O3PRu. The molecule has 0 heterocycles. The Morgan fingerprint density at radius 2 is 1.12 bits per heavy atom. The first-order valence-electron chi connectivity index (χ1n) is 1.70. The van der Waals surface area contributed by atoms with Crippen LogP contribution in [0, 0.1) is 0 Å². The molecule has 0 aromatic carbocycles. The van der Waals surface area contributed by atoms with E-state index in [0.29, 0.717) is 0 Å². The fourth-order valence-corrected chi connectivity index (χ4v) is 0.627. The molecule has 0 spiro atoms. The van der Waals surface area contributed by atoms with Gasteiger partial charge in [0, 0.05) is 0 Å². The van der Waals surface area contributed by atoms with Gasteiger partial charge in [-0.2, -0.15) is 9.90 Å². The Labute approximate surface area is 57.2 Å². The Morgan fingerprint density at radius 1 is 0.875 bits per heavy atom. The molecule has 0 saturated heterocycles. The molecule has 0 saturated carbocycles.